The first-order chi connectivity index (χ1) is 15.4. The quantitative estimate of drug-likeness (QED) is 0.277. The maximum atomic E-state index is 13.5. The molecule has 0 bridgehead atoms. The summed E-state index contributed by atoms with van der Waals surface area (Å²) in [6.45, 7) is 6.19. The highest BCUT2D eigenvalue weighted by Gasteiger charge is 2.18. The molecule has 0 atom stereocenters. The standard InChI is InChI=1S/C22H19N5O2S3/c1-12-10-30-22-24-16(8-17(28)27(12)22)11-31-21-25-19-18(13(2)14(3)32-19)20(29)26(21)9-15-6-4-5-7-23-15/h4-8,10H,9,11H2,1-3H3. The molecule has 0 saturated heterocycles. The molecule has 5 aromatic rings. The van der Waals surface area contributed by atoms with Gasteiger partial charge in [0.25, 0.3) is 11.1 Å². The van der Waals surface area contributed by atoms with E-state index in [4.69, 9.17) is 4.98 Å². The number of fused-ring (bicyclic) bond motifs is 2. The number of aromatic nitrogens is 5. The number of thiazole rings is 1. The van der Waals surface area contributed by atoms with E-state index in [0.29, 0.717) is 33.5 Å². The topological polar surface area (TPSA) is 82.2 Å². The van der Waals surface area contributed by atoms with Gasteiger partial charge < -0.3 is 0 Å². The van der Waals surface area contributed by atoms with E-state index in [9.17, 15) is 9.59 Å². The summed E-state index contributed by atoms with van der Waals surface area (Å²) in [7, 11) is 0. The van der Waals surface area contributed by atoms with Gasteiger partial charge in [0, 0.05) is 34.0 Å². The largest absolute Gasteiger partial charge is 0.281 e. The van der Waals surface area contributed by atoms with Gasteiger partial charge in [-0.1, -0.05) is 17.8 Å². The van der Waals surface area contributed by atoms with Crippen molar-refractivity contribution in [2.45, 2.75) is 38.2 Å². The van der Waals surface area contributed by atoms with Crippen molar-refractivity contribution in [1.29, 1.82) is 0 Å². The van der Waals surface area contributed by atoms with Crippen LogP contribution in [-0.4, -0.2) is 23.9 Å². The van der Waals surface area contributed by atoms with Crippen LogP contribution in [0, 0.1) is 20.8 Å². The summed E-state index contributed by atoms with van der Waals surface area (Å²) in [5, 5.41) is 3.18. The minimum atomic E-state index is -0.0943. The lowest BCUT2D eigenvalue weighted by Crippen LogP contribution is -2.24. The van der Waals surface area contributed by atoms with Crippen LogP contribution in [0.4, 0.5) is 0 Å². The maximum Gasteiger partial charge on any atom is 0.263 e. The Labute approximate surface area is 195 Å². The Kier molecular flexibility index (Phi) is 5.44. The second-order valence-corrected chi connectivity index (χ2v) is 10.4. The second-order valence-electron chi connectivity index (χ2n) is 7.44. The number of rotatable bonds is 5. The molecule has 0 aromatic carbocycles. The summed E-state index contributed by atoms with van der Waals surface area (Å²) in [5.74, 6) is 0.437. The number of nitrogens with zero attached hydrogens (tertiary/aromatic N) is 5. The molecular weight excluding hydrogens is 462 g/mol. The minimum absolute atomic E-state index is 0.0673. The van der Waals surface area contributed by atoms with Crippen molar-refractivity contribution in [3.8, 4) is 0 Å². The van der Waals surface area contributed by atoms with Crippen molar-refractivity contribution in [3.05, 3.63) is 84.1 Å². The summed E-state index contributed by atoms with van der Waals surface area (Å²) in [5.41, 5.74) is 3.14. The molecule has 0 fully saturated rings. The predicted octanol–water partition coefficient (Wildman–Crippen LogP) is 4.19. The Hall–Kier alpha value is -2.82. The van der Waals surface area contributed by atoms with Crippen LogP contribution in [-0.2, 0) is 12.3 Å². The van der Waals surface area contributed by atoms with E-state index in [-0.39, 0.29) is 11.1 Å². The summed E-state index contributed by atoms with van der Waals surface area (Å²) in [6, 6.07) is 7.20. The molecule has 0 spiro atoms. The Morgan fingerprint density at radius 2 is 1.94 bits per heavy atom. The lowest BCUT2D eigenvalue weighted by atomic mass is 10.2. The Bertz CT molecular complexity index is 1580. The number of aryl methyl sites for hydroxylation is 3. The molecule has 0 amide bonds. The van der Waals surface area contributed by atoms with Gasteiger partial charge in [-0.05, 0) is 38.5 Å². The molecule has 0 aliphatic carbocycles. The van der Waals surface area contributed by atoms with Crippen LogP contribution in [0.1, 0.15) is 27.5 Å². The predicted molar refractivity (Wildman–Crippen MR) is 130 cm³/mol. The molecule has 7 nitrogen and oxygen atoms in total. The van der Waals surface area contributed by atoms with Gasteiger partial charge in [-0.3, -0.25) is 23.5 Å². The van der Waals surface area contributed by atoms with Gasteiger partial charge in [-0.2, -0.15) is 0 Å². The van der Waals surface area contributed by atoms with E-state index in [1.165, 1.54) is 34.4 Å². The highest BCUT2D eigenvalue weighted by molar-refractivity contribution is 7.98. The Balaban J connectivity index is 1.57. The van der Waals surface area contributed by atoms with E-state index >= 15 is 0 Å². The third-order valence-corrected chi connectivity index (χ3v) is 8.33. The van der Waals surface area contributed by atoms with Crippen LogP contribution >= 0.6 is 34.4 Å². The average Bonchev–Trinajstić information content (AvgIpc) is 3.29. The van der Waals surface area contributed by atoms with Crippen molar-refractivity contribution < 1.29 is 0 Å². The van der Waals surface area contributed by atoms with Gasteiger partial charge in [-0.15, -0.1) is 22.7 Å². The van der Waals surface area contributed by atoms with Crippen LogP contribution in [0.5, 0.6) is 0 Å². The molecule has 0 saturated carbocycles. The molecule has 0 aliphatic heterocycles. The highest BCUT2D eigenvalue weighted by atomic mass is 32.2. The molecule has 10 heteroatoms. The molecule has 5 aromatic heterocycles. The number of thioether (sulfide) groups is 1. The van der Waals surface area contributed by atoms with E-state index in [2.05, 4.69) is 9.97 Å². The molecule has 0 radical (unpaired) electrons. The van der Waals surface area contributed by atoms with Crippen molar-refractivity contribution in [2.75, 3.05) is 0 Å². The van der Waals surface area contributed by atoms with Gasteiger partial charge in [0.15, 0.2) is 10.1 Å². The first-order valence-corrected chi connectivity index (χ1v) is 12.6. The summed E-state index contributed by atoms with van der Waals surface area (Å²) in [4.78, 5) is 42.3. The number of thiophene rings is 1. The van der Waals surface area contributed by atoms with E-state index in [1.54, 1.807) is 21.2 Å². The minimum Gasteiger partial charge on any atom is -0.281 e. The monoisotopic (exact) mass is 481 g/mol. The zero-order valence-electron chi connectivity index (χ0n) is 17.7. The van der Waals surface area contributed by atoms with Crippen molar-refractivity contribution >= 4 is 49.6 Å². The fourth-order valence-electron chi connectivity index (χ4n) is 3.53. The summed E-state index contributed by atoms with van der Waals surface area (Å²) in [6.07, 6.45) is 1.72. The van der Waals surface area contributed by atoms with Crippen LogP contribution in [0.25, 0.3) is 15.2 Å². The van der Waals surface area contributed by atoms with Gasteiger partial charge in [0.2, 0.25) is 0 Å². The summed E-state index contributed by atoms with van der Waals surface area (Å²) < 4.78 is 3.28. The average molecular weight is 482 g/mol. The number of pyridine rings is 1. The van der Waals surface area contributed by atoms with Gasteiger partial charge in [-0.25, -0.2) is 9.97 Å². The smallest absolute Gasteiger partial charge is 0.263 e. The second kappa shape index (κ2) is 8.27. The molecule has 5 rings (SSSR count). The van der Waals surface area contributed by atoms with Crippen molar-refractivity contribution in [3.63, 3.8) is 0 Å². The fraction of sp³-hybridized carbons (Fsp3) is 0.227. The van der Waals surface area contributed by atoms with Gasteiger partial charge in [0.1, 0.15) is 4.83 Å². The van der Waals surface area contributed by atoms with E-state index < -0.39 is 0 Å². The summed E-state index contributed by atoms with van der Waals surface area (Å²) >= 11 is 4.39. The fourth-order valence-corrected chi connectivity index (χ4v) is 6.38. The highest BCUT2D eigenvalue weighted by Crippen LogP contribution is 2.29. The molecule has 0 aliphatic rings. The van der Waals surface area contributed by atoms with Gasteiger partial charge >= 0.3 is 0 Å². The Morgan fingerprint density at radius 1 is 1.09 bits per heavy atom. The number of hydrogen-bond donors (Lipinski definition) is 0. The number of hydrogen-bond acceptors (Lipinski definition) is 8. The van der Waals surface area contributed by atoms with Gasteiger partial charge in [0.05, 0.1) is 23.3 Å². The molecular formula is C22H19N5O2S3. The van der Waals surface area contributed by atoms with Crippen LogP contribution in [0.3, 0.4) is 0 Å². The van der Waals surface area contributed by atoms with Crippen LogP contribution in [0.2, 0.25) is 0 Å². The normalized spacial score (nSPS) is 11.6. The lowest BCUT2D eigenvalue weighted by molar-refractivity contribution is 0.647. The van der Waals surface area contributed by atoms with Crippen molar-refractivity contribution in [2.24, 2.45) is 0 Å². The first kappa shape index (κ1) is 21.0. The molecule has 5 heterocycles. The van der Waals surface area contributed by atoms with E-state index in [1.807, 2.05) is 44.4 Å². The SMILES string of the molecule is Cc1sc2nc(SCc3cc(=O)n4c(C)csc4n3)n(Cc3ccccn3)c(=O)c2c1C. The third-order valence-electron chi connectivity index (χ3n) is 5.28. The zero-order valence-corrected chi connectivity index (χ0v) is 20.1. The molecule has 32 heavy (non-hydrogen) atoms. The molecule has 0 unspecified atom stereocenters. The third kappa shape index (κ3) is 3.68. The molecule has 162 valence electrons. The van der Waals surface area contributed by atoms with Crippen LogP contribution in [0.15, 0.2) is 50.6 Å². The van der Waals surface area contributed by atoms with Crippen molar-refractivity contribution in [1.82, 2.24) is 23.9 Å². The first-order valence-electron chi connectivity index (χ1n) is 9.92. The lowest BCUT2D eigenvalue weighted by Gasteiger charge is -2.12. The Morgan fingerprint density at radius 3 is 2.72 bits per heavy atom. The zero-order chi connectivity index (χ0) is 22.4. The van der Waals surface area contributed by atoms with Crippen LogP contribution < -0.4 is 11.1 Å². The maximum absolute atomic E-state index is 13.5. The van der Waals surface area contributed by atoms with E-state index in [0.717, 1.165) is 26.7 Å². The molecule has 0 N–H and O–H groups in total.